The Hall–Kier alpha value is -1.84. The largest absolute Gasteiger partial charge is 0.393 e. The van der Waals surface area contributed by atoms with Crippen molar-refractivity contribution in [2.24, 2.45) is 10.8 Å². The minimum atomic E-state index is -1.83. The predicted molar refractivity (Wildman–Crippen MR) is 70.8 cm³/mol. The number of azide groups is 1. The molecular formula is C11H17FN6O3. The Morgan fingerprint density at radius 1 is 1.71 bits per heavy atom. The molecule has 0 aromatic heterocycles. The molecule has 2 aliphatic rings. The van der Waals surface area contributed by atoms with Crippen LogP contribution in [-0.4, -0.2) is 58.5 Å². The Morgan fingerprint density at radius 2 is 2.43 bits per heavy atom. The van der Waals surface area contributed by atoms with Crippen molar-refractivity contribution in [2.45, 2.75) is 30.3 Å². The van der Waals surface area contributed by atoms with Gasteiger partial charge in [0.25, 0.3) is 0 Å². The van der Waals surface area contributed by atoms with Gasteiger partial charge in [-0.15, -0.1) is 0 Å². The van der Waals surface area contributed by atoms with Crippen molar-refractivity contribution in [3.05, 3.63) is 35.1 Å². The van der Waals surface area contributed by atoms with Crippen LogP contribution in [0.1, 0.15) is 0 Å². The van der Waals surface area contributed by atoms with Gasteiger partial charge in [0.15, 0.2) is 12.4 Å². The van der Waals surface area contributed by atoms with Crippen molar-refractivity contribution in [3.63, 3.8) is 0 Å². The van der Waals surface area contributed by atoms with Crippen LogP contribution in [0.5, 0.6) is 0 Å². The summed E-state index contributed by atoms with van der Waals surface area (Å²) >= 11 is 0. The van der Waals surface area contributed by atoms with Crippen molar-refractivity contribution in [1.29, 1.82) is 0 Å². The third kappa shape index (κ3) is 2.67. The molecule has 1 saturated heterocycles. The zero-order chi connectivity index (χ0) is 15.6. The molecular weight excluding hydrogens is 283 g/mol. The van der Waals surface area contributed by atoms with Crippen molar-refractivity contribution in [3.8, 4) is 0 Å². The van der Waals surface area contributed by atoms with E-state index in [-0.39, 0.29) is 0 Å². The Bertz CT molecular complexity index is 496. The molecule has 0 amide bonds. The van der Waals surface area contributed by atoms with Crippen LogP contribution in [0, 0.1) is 0 Å². The van der Waals surface area contributed by atoms with E-state index in [1.807, 2.05) is 0 Å². The molecule has 0 aromatic carbocycles. The first-order valence-corrected chi connectivity index (χ1v) is 6.24. The quantitative estimate of drug-likeness (QED) is 0.306. The van der Waals surface area contributed by atoms with Crippen LogP contribution in [0.2, 0.25) is 0 Å². The Morgan fingerprint density at radius 3 is 3.00 bits per heavy atom. The molecule has 1 unspecified atom stereocenters. The number of nitrogens with zero attached hydrogens (tertiary/aromatic N) is 4. The number of nitrogens with one attached hydrogen (secondary N) is 1. The summed E-state index contributed by atoms with van der Waals surface area (Å²) in [5, 5.41) is 25.5. The van der Waals surface area contributed by atoms with E-state index in [0.29, 0.717) is 5.82 Å². The van der Waals surface area contributed by atoms with E-state index >= 15 is 0 Å². The number of rotatable bonds is 4. The van der Waals surface area contributed by atoms with Crippen LogP contribution in [0.25, 0.3) is 10.4 Å². The molecule has 21 heavy (non-hydrogen) atoms. The number of alkyl halides is 1. The molecule has 0 aromatic rings. The lowest BCUT2D eigenvalue weighted by atomic mass is 9.97. The van der Waals surface area contributed by atoms with Gasteiger partial charge in [-0.2, -0.15) is 0 Å². The molecule has 2 rings (SSSR count). The molecule has 0 spiro atoms. The maximum Gasteiger partial charge on any atom is 0.174 e. The van der Waals surface area contributed by atoms with Crippen molar-refractivity contribution in [2.75, 3.05) is 13.2 Å². The Labute approximate surface area is 120 Å². The molecule has 9 nitrogen and oxygen atoms in total. The van der Waals surface area contributed by atoms with E-state index < -0.39 is 43.4 Å². The second kappa shape index (κ2) is 5.88. The summed E-state index contributed by atoms with van der Waals surface area (Å²) in [6, 6.07) is 0. The highest BCUT2D eigenvalue weighted by Crippen LogP contribution is 2.36. The minimum Gasteiger partial charge on any atom is -0.393 e. The maximum absolute atomic E-state index is 14.3. The smallest absolute Gasteiger partial charge is 0.174 e. The van der Waals surface area contributed by atoms with Crippen molar-refractivity contribution >= 4 is 0 Å². The number of hydrogen-bond donors (Lipinski definition) is 4. The highest BCUT2D eigenvalue weighted by molar-refractivity contribution is 5.14. The monoisotopic (exact) mass is 300 g/mol. The van der Waals surface area contributed by atoms with Gasteiger partial charge < -0.3 is 30.9 Å². The van der Waals surface area contributed by atoms with Crippen molar-refractivity contribution in [1.82, 2.24) is 10.2 Å². The normalized spacial score (nSPS) is 39.0. The fraction of sp³-hybridized carbons (Fsp3) is 0.636. The lowest BCUT2D eigenvalue weighted by molar-refractivity contribution is -0.129. The van der Waals surface area contributed by atoms with Crippen LogP contribution >= 0.6 is 0 Å². The highest BCUT2D eigenvalue weighted by Gasteiger charge is 2.56. The van der Waals surface area contributed by atoms with Crippen LogP contribution < -0.4 is 11.1 Å². The number of ether oxygens (including phenoxy) is 1. The topological polar surface area (TPSA) is 140 Å². The predicted octanol–water partition coefficient (Wildman–Crippen LogP) is -0.742. The zero-order valence-corrected chi connectivity index (χ0v) is 11.1. The lowest BCUT2D eigenvalue weighted by Crippen LogP contribution is -2.49. The SMILES string of the molecule is C=C1NC(N)C=CN1[C@@H]1O[C@@](CO)(CN=[N+]=[N-])[C@@H](O)[C@H]1F. The van der Waals surface area contributed by atoms with E-state index in [1.165, 1.54) is 11.1 Å². The van der Waals surface area contributed by atoms with Gasteiger partial charge in [-0.05, 0) is 11.6 Å². The molecule has 0 aliphatic carbocycles. The van der Waals surface area contributed by atoms with Gasteiger partial charge in [0.1, 0.15) is 17.5 Å². The minimum absolute atomic E-state index is 0.294. The highest BCUT2D eigenvalue weighted by atomic mass is 19.1. The van der Waals surface area contributed by atoms with E-state index in [2.05, 4.69) is 21.9 Å². The van der Waals surface area contributed by atoms with E-state index in [4.69, 9.17) is 16.0 Å². The number of aliphatic hydroxyl groups excluding tert-OH is 2. The molecule has 0 bridgehead atoms. The van der Waals surface area contributed by atoms with Gasteiger partial charge in [0.05, 0.1) is 19.3 Å². The zero-order valence-electron chi connectivity index (χ0n) is 11.1. The van der Waals surface area contributed by atoms with E-state index in [9.17, 15) is 14.6 Å². The van der Waals surface area contributed by atoms with Crippen LogP contribution in [0.3, 0.4) is 0 Å². The second-order valence-corrected chi connectivity index (χ2v) is 4.88. The molecule has 2 heterocycles. The summed E-state index contributed by atoms with van der Waals surface area (Å²) in [7, 11) is 0. The third-order valence-electron chi connectivity index (χ3n) is 3.51. The molecule has 0 saturated carbocycles. The first kappa shape index (κ1) is 15.5. The summed E-state index contributed by atoms with van der Waals surface area (Å²) in [5.74, 6) is 0.294. The van der Waals surface area contributed by atoms with Gasteiger partial charge in [-0.1, -0.05) is 11.7 Å². The third-order valence-corrected chi connectivity index (χ3v) is 3.51. The summed E-state index contributed by atoms with van der Waals surface area (Å²) < 4.78 is 19.8. The van der Waals surface area contributed by atoms with Gasteiger partial charge in [-0.3, -0.25) is 0 Å². The molecule has 0 radical (unpaired) electrons. The lowest BCUT2D eigenvalue weighted by Gasteiger charge is -2.35. The van der Waals surface area contributed by atoms with Gasteiger partial charge >= 0.3 is 0 Å². The summed E-state index contributed by atoms with van der Waals surface area (Å²) in [6.45, 7) is 2.61. The second-order valence-electron chi connectivity index (χ2n) is 4.88. The molecule has 1 fully saturated rings. The summed E-state index contributed by atoms with van der Waals surface area (Å²) in [4.78, 5) is 3.86. The fourth-order valence-electron chi connectivity index (χ4n) is 2.32. The number of nitrogens with two attached hydrogens (primary N) is 1. The average molecular weight is 300 g/mol. The van der Waals surface area contributed by atoms with Gasteiger partial charge in [0.2, 0.25) is 0 Å². The molecule has 5 N–H and O–H groups in total. The van der Waals surface area contributed by atoms with E-state index in [0.717, 1.165) is 0 Å². The summed E-state index contributed by atoms with van der Waals surface area (Å²) in [5.41, 5.74) is 12.3. The number of halogens is 1. The molecule has 116 valence electrons. The standard InChI is InChI=1S/C11H17FN6O3/c1-6-16-7(13)2-3-18(6)10-8(12)9(20)11(5-19,21-10)4-15-17-14/h2-3,7-10,16,19-20H,1,4-5,13H2/t7?,8-,9+,10-,11-/m1/s1. The van der Waals surface area contributed by atoms with Gasteiger partial charge in [0, 0.05) is 11.1 Å². The van der Waals surface area contributed by atoms with Crippen LogP contribution in [0.4, 0.5) is 4.39 Å². The fourth-order valence-corrected chi connectivity index (χ4v) is 2.32. The average Bonchev–Trinajstić information content (AvgIpc) is 2.71. The number of aliphatic hydroxyl groups is 2. The maximum atomic E-state index is 14.3. The van der Waals surface area contributed by atoms with E-state index in [1.54, 1.807) is 6.08 Å². The molecule has 5 atom stereocenters. The Kier molecular flexibility index (Phi) is 4.35. The van der Waals surface area contributed by atoms with Crippen LogP contribution in [-0.2, 0) is 4.74 Å². The first-order valence-electron chi connectivity index (χ1n) is 6.24. The van der Waals surface area contributed by atoms with Crippen LogP contribution in [0.15, 0.2) is 29.8 Å². The molecule has 2 aliphatic heterocycles. The Balaban J connectivity index is 2.25. The first-order chi connectivity index (χ1) is 9.95. The number of hydrogen-bond acceptors (Lipinski definition) is 7. The molecule has 10 heteroatoms. The van der Waals surface area contributed by atoms with Gasteiger partial charge in [-0.25, -0.2) is 4.39 Å². The van der Waals surface area contributed by atoms with Crippen molar-refractivity contribution < 1.29 is 19.3 Å². The summed E-state index contributed by atoms with van der Waals surface area (Å²) in [6.07, 6.45) is -2.11.